The van der Waals surface area contributed by atoms with E-state index in [1.807, 2.05) is 66.7 Å². The van der Waals surface area contributed by atoms with Gasteiger partial charge in [0.25, 0.3) is 5.91 Å². The van der Waals surface area contributed by atoms with E-state index in [4.69, 9.17) is 9.47 Å². The number of benzene rings is 4. The second-order valence-corrected chi connectivity index (χ2v) is 14.4. The molecule has 5 rings (SSSR count). The quantitative estimate of drug-likeness (QED) is 0.102. The van der Waals surface area contributed by atoms with Gasteiger partial charge in [-0.1, -0.05) is 92.7 Å². The van der Waals surface area contributed by atoms with Crippen molar-refractivity contribution in [2.45, 2.75) is 57.7 Å². The van der Waals surface area contributed by atoms with Crippen LogP contribution in [0.25, 0.3) is 10.8 Å². The lowest BCUT2D eigenvalue weighted by molar-refractivity contribution is -0.139. The average Bonchev–Trinajstić information content (AvgIpc) is 3.18. The molecule has 0 spiro atoms. The van der Waals surface area contributed by atoms with E-state index in [9.17, 15) is 29.1 Å². The lowest BCUT2D eigenvalue weighted by Crippen LogP contribution is -2.53. The van der Waals surface area contributed by atoms with Crippen LogP contribution >= 0.6 is 0 Å². The molecule has 0 saturated carbocycles. The van der Waals surface area contributed by atoms with Crippen LogP contribution in [-0.4, -0.2) is 91.5 Å². The van der Waals surface area contributed by atoms with Crippen LogP contribution in [0.4, 0.5) is 0 Å². The fourth-order valence-electron chi connectivity index (χ4n) is 6.94. The number of para-hydroxylation sites is 1. The van der Waals surface area contributed by atoms with Crippen molar-refractivity contribution >= 4 is 40.7 Å². The second kappa shape index (κ2) is 19.5. The summed E-state index contributed by atoms with van der Waals surface area (Å²) < 4.78 is 12.4. The van der Waals surface area contributed by atoms with Gasteiger partial charge in [-0.05, 0) is 66.3 Å². The summed E-state index contributed by atoms with van der Waals surface area (Å²) in [7, 11) is 1.75. The highest BCUT2D eigenvalue weighted by atomic mass is 16.5. The first-order valence-corrected chi connectivity index (χ1v) is 18.7. The Hall–Kier alpha value is -5.75. The predicted octanol–water partition coefficient (Wildman–Crippen LogP) is 4.43. The van der Waals surface area contributed by atoms with Crippen molar-refractivity contribution in [3.05, 3.63) is 108 Å². The van der Waals surface area contributed by atoms with Crippen LogP contribution in [0.15, 0.2) is 91.0 Å². The Balaban J connectivity index is 1.38. The fourth-order valence-corrected chi connectivity index (χ4v) is 6.94. The number of amides is 3. The summed E-state index contributed by atoms with van der Waals surface area (Å²) in [5.74, 6) is -1.16. The number of carbonyl (C=O) groups excluding carboxylic acids is 4. The third-order valence-electron chi connectivity index (χ3n) is 9.56. The van der Waals surface area contributed by atoms with Gasteiger partial charge in [-0.15, -0.1) is 0 Å². The largest absolute Gasteiger partial charge is 0.493 e. The van der Waals surface area contributed by atoms with Gasteiger partial charge in [-0.2, -0.15) is 0 Å². The summed E-state index contributed by atoms with van der Waals surface area (Å²) in [6.45, 7) is 4.63. The van der Waals surface area contributed by atoms with Crippen LogP contribution in [0.5, 0.6) is 11.5 Å². The Bertz CT molecular complexity index is 1950. The number of rotatable bonds is 19. The molecule has 0 radical (unpaired) electrons. The number of hydrogen-bond acceptors (Lipinski definition) is 8. The van der Waals surface area contributed by atoms with E-state index in [-0.39, 0.29) is 48.1 Å². The fraction of sp³-hybridized carbons (Fsp3) is 0.372. The number of nitrogens with zero attached hydrogens (tertiary/aromatic N) is 1. The van der Waals surface area contributed by atoms with Gasteiger partial charge in [0.15, 0.2) is 0 Å². The minimum atomic E-state index is -1.24. The number of ether oxygens (including phenoxy) is 2. The van der Waals surface area contributed by atoms with E-state index < -0.39 is 36.4 Å². The number of nitrogens with one attached hydrogen (secondary N) is 3. The van der Waals surface area contributed by atoms with E-state index >= 15 is 0 Å². The molecule has 12 nitrogen and oxygen atoms in total. The van der Waals surface area contributed by atoms with E-state index in [0.29, 0.717) is 44.1 Å². The van der Waals surface area contributed by atoms with Crippen LogP contribution < -0.4 is 25.4 Å². The summed E-state index contributed by atoms with van der Waals surface area (Å²) in [4.78, 5) is 66.2. The van der Waals surface area contributed by atoms with Crippen molar-refractivity contribution < 1.29 is 38.6 Å². The number of aliphatic carboxylic acids is 1. The van der Waals surface area contributed by atoms with Gasteiger partial charge in [-0.3, -0.25) is 19.2 Å². The molecule has 55 heavy (non-hydrogen) atoms. The number of carbonyl (C=O) groups is 5. The van der Waals surface area contributed by atoms with E-state index in [1.54, 1.807) is 36.2 Å². The molecule has 0 fully saturated rings. The highest BCUT2D eigenvalue weighted by molar-refractivity contribution is 6.10. The van der Waals surface area contributed by atoms with Crippen LogP contribution in [0.2, 0.25) is 0 Å². The molecule has 0 aliphatic carbocycles. The maximum atomic E-state index is 14.0. The zero-order valence-electron chi connectivity index (χ0n) is 31.5. The number of aldehydes is 1. The van der Waals surface area contributed by atoms with Gasteiger partial charge < -0.3 is 40.2 Å². The monoisotopic (exact) mass is 750 g/mol. The number of carboxylic acid groups (broad SMARTS) is 1. The third kappa shape index (κ3) is 11.4. The maximum absolute atomic E-state index is 14.0. The molecule has 0 saturated heterocycles. The molecule has 4 aromatic rings. The van der Waals surface area contributed by atoms with Crippen molar-refractivity contribution in [3.63, 3.8) is 0 Å². The van der Waals surface area contributed by atoms with Gasteiger partial charge >= 0.3 is 5.97 Å². The summed E-state index contributed by atoms with van der Waals surface area (Å²) in [6, 6.07) is 25.7. The van der Waals surface area contributed by atoms with Gasteiger partial charge in [-0.25, -0.2) is 0 Å². The van der Waals surface area contributed by atoms with Crippen molar-refractivity contribution in [3.8, 4) is 11.5 Å². The number of fused-ring (bicyclic) bond motifs is 2. The smallest absolute Gasteiger partial charge is 0.305 e. The molecule has 1 aliphatic heterocycles. The normalized spacial score (nSPS) is 15.2. The first-order valence-electron chi connectivity index (χ1n) is 18.7. The number of carboxylic acids is 1. The molecule has 3 amide bonds. The van der Waals surface area contributed by atoms with Crippen molar-refractivity contribution in [1.29, 1.82) is 0 Å². The molecule has 12 heteroatoms. The van der Waals surface area contributed by atoms with Crippen LogP contribution in [0.1, 0.15) is 48.2 Å². The standard InChI is InChI=1S/C43H50N4O8/c1-28(2)19-36(44-3)43(53)47(23-30-20-32-14-8-10-16-37(32)54-26-30)24-39(49)45-34(21-29-11-5-4-6-12-29)27-55-38-18-17-31-13-7-9-15-35(31)41(38)42(52)46-33(25-48)22-40(50)51/h4-18,25,28,30,33-34,36,44H,19-24,26-27H2,1-3H3,(H,45,49)(H,46,52)(H,50,51)/t30-,33?,34+,36-/m0/s1. The number of likely N-dealkylation sites (N-methyl/N-ethyl adjacent to an activating group) is 1. The van der Waals surface area contributed by atoms with Gasteiger partial charge in [0.1, 0.15) is 24.4 Å². The lowest BCUT2D eigenvalue weighted by atomic mass is 9.95. The Labute approximate surface area is 321 Å². The van der Waals surface area contributed by atoms with Crippen molar-refractivity contribution in [2.75, 3.05) is 33.4 Å². The highest BCUT2D eigenvalue weighted by Gasteiger charge is 2.31. The molecular weight excluding hydrogens is 700 g/mol. The van der Waals surface area contributed by atoms with Gasteiger partial charge in [0.05, 0.1) is 43.3 Å². The second-order valence-electron chi connectivity index (χ2n) is 14.4. The summed E-state index contributed by atoms with van der Waals surface area (Å²) in [6.07, 6.45) is 1.52. The molecule has 1 aliphatic rings. The molecule has 4 aromatic carbocycles. The lowest BCUT2D eigenvalue weighted by Gasteiger charge is -2.33. The van der Waals surface area contributed by atoms with E-state index in [1.165, 1.54) is 0 Å². The minimum absolute atomic E-state index is 0.0153. The zero-order chi connectivity index (χ0) is 39.3. The maximum Gasteiger partial charge on any atom is 0.305 e. The molecule has 1 unspecified atom stereocenters. The Morgan fingerprint density at radius 1 is 0.945 bits per heavy atom. The highest BCUT2D eigenvalue weighted by Crippen LogP contribution is 2.30. The van der Waals surface area contributed by atoms with Gasteiger partial charge in [0.2, 0.25) is 11.8 Å². The molecule has 290 valence electrons. The van der Waals surface area contributed by atoms with Gasteiger partial charge in [0, 0.05) is 12.5 Å². The van der Waals surface area contributed by atoms with Crippen LogP contribution in [0, 0.1) is 11.8 Å². The van der Waals surface area contributed by atoms with E-state index in [2.05, 4.69) is 29.8 Å². The zero-order valence-corrected chi connectivity index (χ0v) is 31.5. The molecule has 0 aromatic heterocycles. The molecular formula is C43H50N4O8. The third-order valence-corrected chi connectivity index (χ3v) is 9.56. The Kier molecular flexibility index (Phi) is 14.4. The summed E-state index contributed by atoms with van der Waals surface area (Å²) in [5, 5.41) is 19.3. The first-order chi connectivity index (χ1) is 26.5. The van der Waals surface area contributed by atoms with Crippen molar-refractivity contribution in [2.24, 2.45) is 11.8 Å². The topological polar surface area (TPSA) is 163 Å². The molecule has 4 N–H and O–H groups in total. The average molecular weight is 751 g/mol. The summed E-state index contributed by atoms with van der Waals surface area (Å²) in [5.41, 5.74) is 2.14. The Morgan fingerprint density at radius 3 is 2.40 bits per heavy atom. The Morgan fingerprint density at radius 2 is 1.67 bits per heavy atom. The van der Waals surface area contributed by atoms with Crippen molar-refractivity contribution in [1.82, 2.24) is 20.9 Å². The molecule has 0 bridgehead atoms. The van der Waals surface area contributed by atoms with E-state index in [0.717, 1.165) is 22.3 Å². The summed E-state index contributed by atoms with van der Waals surface area (Å²) >= 11 is 0. The van der Waals surface area contributed by atoms with Crippen LogP contribution in [0.3, 0.4) is 0 Å². The molecule has 4 atom stereocenters. The van der Waals surface area contributed by atoms with Crippen LogP contribution in [-0.2, 0) is 32.0 Å². The number of hydrogen-bond donors (Lipinski definition) is 4. The SMILES string of the molecule is CN[C@@H](CC(C)C)C(=O)N(CC(=O)N[C@@H](COc1ccc2ccccc2c1C(=O)NC(C=O)CC(=O)O)Cc1ccccc1)C[C@H]1COc2ccccc2C1. The first kappa shape index (κ1) is 40.4. The minimum Gasteiger partial charge on any atom is -0.493 e. The molecule has 1 heterocycles. The predicted molar refractivity (Wildman–Crippen MR) is 209 cm³/mol.